The summed E-state index contributed by atoms with van der Waals surface area (Å²) in [6, 6.07) is -0.407. The maximum absolute atomic E-state index is 12.7. The van der Waals surface area contributed by atoms with E-state index in [1.807, 2.05) is 12.4 Å². The van der Waals surface area contributed by atoms with Crippen molar-refractivity contribution in [3.8, 4) is 0 Å². The molecule has 0 aliphatic carbocycles. The van der Waals surface area contributed by atoms with Crippen LogP contribution in [0.4, 0.5) is 0 Å². The van der Waals surface area contributed by atoms with Gasteiger partial charge in [-0.05, 0) is 12.8 Å². The van der Waals surface area contributed by atoms with Gasteiger partial charge in [0.15, 0.2) is 5.78 Å². The number of imidazole rings is 1. The quantitative estimate of drug-likeness (QED) is 0.0773. The molecule has 0 spiro atoms. The fourth-order valence-corrected chi connectivity index (χ4v) is 6.56. The van der Waals surface area contributed by atoms with Gasteiger partial charge >= 0.3 is 0 Å². The fourth-order valence-electron chi connectivity index (χ4n) is 6.56. The maximum Gasteiger partial charge on any atom is 0.151 e. The highest BCUT2D eigenvalue weighted by atomic mass is 16.1. The summed E-state index contributed by atoms with van der Waals surface area (Å²) in [5, 5.41) is 0. The van der Waals surface area contributed by atoms with E-state index < -0.39 is 6.04 Å². The van der Waals surface area contributed by atoms with Gasteiger partial charge in [-0.1, -0.05) is 194 Å². The van der Waals surface area contributed by atoms with Crippen molar-refractivity contribution in [2.45, 2.75) is 232 Å². The summed E-state index contributed by atoms with van der Waals surface area (Å²) in [4.78, 5) is 17.2. The first-order chi connectivity index (χ1) is 21.7. The molecule has 0 saturated carbocycles. The molecule has 2 N–H and O–H groups in total. The van der Waals surface area contributed by atoms with E-state index in [2.05, 4.69) is 23.4 Å². The molecule has 1 atom stereocenters. The minimum Gasteiger partial charge on any atom is -0.333 e. The van der Waals surface area contributed by atoms with Crippen LogP contribution in [0.25, 0.3) is 0 Å². The van der Waals surface area contributed by atoms with E-state index in [-0.39, 0.29) is 5.78 Å². The SMILES string of the molecule is CCCCCCCCCCCCCCCCCC(=O)C(N)Cn1ccnc1CCCCCCCCCCCCCCCCC. The molecule has 0 bridgehead atoms. The lowest BCUT2D eigenvalue weighted by Gasteiger charge is -2.14. The highest BCUT2D eigenvalue weighted by Crippen LogP contribution is 2.16. The summed E-state index contributed by atoms with van der Waals surface area (Å²) in [5.41, 5.74) is 6.33. The molecule has 4 heteroatoms. The molecule has 0 saturated heterocycles. The van der Waals surface area contributed by atoms with Gasteiger partial charge in [0.2, 0.25) is 0 Å². The molecule has 258 valence electrons. The second-order valence-electron chi connectivity index (χ2n) is 14.0. The molecule has 1 rings (SSSR count). The molecule has 1 heterocycles. The molecule has 4 nitrogen and oxygen atoms in total. The van der Waals surface area contributed by atoms with Crippen molar-refractivity contribution >= 4 is 5.78 Å². The number of rotatable bonds is 35. The second-order valence-corrected chi connectivity index (χ2v) is 14.0. The Morgan fingerprint density at radius 2 is 0.909 bits per heavy atom. The summed E-state index contributed by atoms with van der Waals surface area (Å²) in [6.45, 7) is 5.15. The number of Topliss-reactive ketones (excluding diaryl/α,β-unsaturated/α-hetero) is 1. The van der Waals surface area contributed by atoms with Crippen molar-refractivity contribution in [2.75, 3.05) is 0 Å². The molecule has 1 aromatic heterocycles. The number of unbranched alkanes of at least 4 members (excludes halogenated alkanes) is 28. The third-order valence-corrected chi connectivity index (χ3v) is 9.64. The lowest BCUT2D eigenvalue weighted by molar-refractivity contribution is -0.120. The highest BCUT2D eigenvalue weighted by Gasteiger charge is 2.15. The summed E-state index contributed by atoms with van der Waals surface area (Å²) >= 11 is 0. The zero-order valence-electron chi connectivity index (χ0n) is 29.9. The summed E-state index contributed by atoms with van der Waals surface area (Å²) in [7, 11) is 0. The Hall–Kier alpha value is -1.16. The van der Waals surface area contributed by atoms with Crippen LogP contribution in [0.15, 0.2) is 12.4 Å². The lowest BCUT2D eigenvalue weighted by Crippen LogP contribution is -2.35. The van der Waals surface area contributed by atoms with Crippen LogP contribution in [0.3, 0.4) is 0 Å². The van der Waals surface area contributed by atoms with Gasteiger partial charge in [-0.3, -0.25) is 4.79 Å². The van der Waals surface area contributed by atoms with Crippen molar-refractivity contribution < 1.29 is 4.79 Å². The van der Waals surface area contributed by atoms with Crippen LogP contribution >= 0.6 is 0 Å². The van der Waals surface area contributed by atoms with Gasteiger partial charge in [0.1, 0.15) is 5.82 Å². The van der Waals surface area contributed by atoms with Crippen LogP contribution in [-0.2, 0) is 17.8 Å². The zero-order valence-corrected chi connectivity index (χ0v) is 29.9. The third-order valence-electron chi connectivity index (χ3n) is 9.64. The van der Waals surface area contributed by atoms with Crippen molar-refractivity contribution in [2.24, 2.45) is 5.73 Å². The van der Waals surface area contributed by atoms with E-state index in [1.165, 1.54) is 180 Å². The number of hydrogen-bond acceptors (Lipinski definition) is 3. The van der Waals surface area contributed by atoms with E-state index in [9.17, 15) is 4.79 Å². The van der Waals surface area contributed by atoms with Gasteiger partial charge < -0.3 is 10.3 Å². The van der Waals surface area contributed by atoms with Crippen molar-refractivity contribution in [3.63, 3.8) is 0 Å². The van der Waals surface area contributed by atoms with Crippen LogP contribution < -0.4 is 5.73 Å². The zero-order chi connectivity index (χ0) is 31.8. The number of carbonyl (C=O) groups excluding carboxylic acids is 1. The second kappa shape index (κ2) is 31.8. The smallest absolute Gasteiger partial charge is 0.151 e. The van der Waals surface area contributed by atoms with Gasteiger partial charge in [0.25, 0.3) is 0 Å². The first kappa shape index (κ1) is 40.9. The molecule has 0 amide bonds. The van der Waals surface area contributed by atoms with Crippen LogP contribution in [0.1, 0.15) is 219 Å². The predicted octanol–water partition coefficient (Wildman–Crippen LogP) is 12.5. The first-order valence-electron chi connectivity index (χ1n) is 20.0. The Labute approximate surface area is 275 Å². The van der Waals surface area contributed by atoms with E-state index in [0.717, 1.165) is 25.1 Å². The normalized spacial score (nSPS) is 12.2. The molecular formula is C40H77N3O. The molecule has 44 heavy (non-hydrogen) atoms. The molecule has 1 unspecified atom stereocenters. The van der Waals surface area contributed by atoms with Crippen molar-refractivity contribution in [3.05, 3.63) is 18.2 Å². The van der Waals surface area contributed by atoms with Crippen LogP contribution in [0.5, 0.6) is 0 Å². The van der Waals surface area contributed by atoms with Gasteiger partial charge in [0.05, 0.1) is 6.04 Å². The monoisotopic (exact) mass is 616 g/mol. The number of nitrogens with zero attached hydrogens (tertiary/aromatic N) is 2. The van der Waals surface area contributed by atoms with E-state index in [0.29, 0.717) is 13.0 Å². The van der Waals surface area contributed by atoms with Gasteiger partial charge in [-0.15, -0.1) is 0 Å². The van der Waals surface area contributed by atoms with E-state index in [1.54, 1.807) is 0 Å². The number of carbonyl (C=O) groups is 1. The standard InChI is InChI=1S/C40H77N3O/c1-3-5-7-9-11-13-15-17-19-21-23-25-27-29-31-33-39(44)38(41)37-43-36-35-42-40(43)34-32-30-28-26-24-22-20-18-16-14-12-10-8-6-4-2/h35-36,38H,3-34,37,41H2,1-2H3. The van der Waals surface area contributed by atoms with Crippen molar-refractivity contribution in [1.29, 1.82) is 0 Å². The number of hydrogen-bond donors (Lipinski definition) is 1. The minimum absolute atomic E-state index is 0.214. The third kappa shape index (κ3) is 25.1. The Kier molecular flexibility index (Phi) is 29.5. The maximum atomic E-state index is 12.7. The molecule has 0 fully saturated rings. The molecule has 1 aromatic rings. The van der Waals surface area contributed by atoms with Crippen LogP contribution in [0.2, 0.25) is 0 Å². The minimum atomic E-state index is -0.407. The molecule has 0 aliphatic heterocycles. The largest absolute Gasteiger partial charge is 0.333 e. The lowest BCUT2D eigenvalue weighted by atomic mass is 10.0. The Bertz CT molecular complexity index is 730. The molecule has 0 aliphatic rings. The summed E-state index contributed by atoms with van der Waals surface area (Å²) < 4.78 is 2.12. The highest BCUT2D eigenvalue weighted by molar-refractivity contribution is 5.83. The number of aromatic nitrogens is 2. The molecular weight excluding hydrogens is 538 g/mol. The van der Waals surface area contributed by atoms with Gasteiger partial charge in [-0.2, -0.15) is 0 Å². The van der Waals surface area contributed by atoms with Gasteiger partial charge in [-0.25, -0.2) is 4.98 Å². The van der Waals surface area contributed by atoms with E-state index in [4.69, 9.17) is 5.73 Å². The summed E-state index contributed by atoms with van der Waals surface area (Å²) in [6.07, 6.45) is 46.4. The number of aryl methyl sites for hydroxylation is 1. The van der Waals surface area contributed by atoms with Crippen LogP contribution in [0, 0.1) is 0 Å². The number of ketones is 1. The average molecular weight is 616 g/mol. The Balaban J connectivity index is 1.95. The van der Waals surface area contributed by atoms with Crippen molar-refractivity contribution in [1.82, 2.24) is 9.55 Å². The Morgan fingerprint density at radius 3 is 1.30 bits per heavy atom. The molecule has 0 aromatic carbocycles. The summed E-state index contributed by atoms with van der Waals surface area (Å²) in [5.74, 6) is 1.31. The van der Waals surface area contributed by atoms with Crippen LogP contribution in [-0.4, -0.2) is 21.4 Å². The first-order valence-corrected chi connectivity index (χ1v) is 20.0. The molecule has 0 radical (unpaired) electrons. The fraction of sp³-hybridized carbons (Fsp3) is 0.900. The topological polar surface area (TPSA) is 60.9 Å². The van der Waals surface area contributed by atoms with E-state index >= 15 is 0 Å². The Morgan fingerprint density at radius 1 is 0.568 bits per heavy atom. The average Bonchev–Trinajstić information content (AvgIpc) is 3.47. The predicted molar refractivity (Wildman–Crippen MR) is 193 cm³/mol. The van der Waals surface area contributed by atoms with Gasteiger partial charge in [0, 0.05) is 31.8 Å². The number of nitrogens with two attached hydrogens (primary N) is 1.